The van der Waals surface area contributed by atoms with Crippen LogP contribution in [0.15, 0.2) is 42.9 Å². The van der Waals surface area contributed by atoms with Crippen molar-refractivity contribution in [1.82, 2.24) is 20.3 Å². The van der Waals surface area contributed by atoms with Crippen LogP contribution in [-0.2, 0) is 4.79 Å². The summed E-state index contributed by atoms with van der Waals surface area (Å²) in [6.45, 7) is 3.79. The Morgan fingerprint density at radius 3 is 2.49 bits per heavy atom. The number of hydrogen-bond donors (Lipinski definition) is 1. The molecule has 0 spiro atoms. The van der Waals surface area contributed by atoms with E-state index in [1.54, 1.807) is 18.5 Å². The van der Waals surface area contributed by atoms with E-state index in [9.17, 15) is 13.6 Å². The summed E-state index contributed by atoms with van der Waals surface area (Å²) in [4.78, 5) is 28.1. The van der Waals surface area contributed by atoms with E-state index in [1.165, 1.54) is 18.3 Å². The van der Waals surface area contributed by atoms with Gasteiger partial charge in [0.05, 0.1) is 16.9 Å². The third-order valence-electron chi connectivity index (χ3n) is 6.84. The highest BCUT2D eigenvalue weighted by molar-refractivity contribution is 6.33. The van der Waals surface area contributed by atoms with Gasteiger partial charge >= 0.3 is 0 Å². The Kier molecular flexibility index (Phi) is 6.40. The standard InChI is InChI=1S/C26H26ClF2N5O/c1-14(2)26(35)32-16-10-17-4-5-18(11-16)34(17)23-13-31-24(20-6-3-15(28)9-22(20)29)25(33-23)19-7-8-30-12-21(19)27/h3,6-9,12-14,16-18H,4-5,10-11H2,1-2H3,(H,32,35). The molecule has 2 aromatic heterocycles. The van der Waals surface area contributed by atoms with Gasteiger partial charge in [-0.05, 0) is 43.9 Å². The van der Waals surface area contributed by atoms with Crippen molar-refractivity contribution in [3.8, 4) is 22.5 Å². The number of anilines is 1. The minimum Gasteiger partial charge on any atom is -0.353 e. The van der Waals surface area contributed by atoms with Crippen LogP contribution in [0.1, 0.15) is 39.5 Å². The van der Waals surface area contributed by atoms with Gasteiger partial charge in [-0.15, -0.1) is 0 Å². The van der Waals surface area contributed by atoms with Crippen molar-refractivity contribution in [3.63, 3.8) is 0 Å². The molecule has 4 heterocycles. The lowest BCUT2D eigenvalue weighted by atomic mass is 9.96. The second kappa shape index (κ2) is 9.49. The summed E-state index contributed by atoms with van der Waals surface area (Å²) in [6.07, 6.45) is 8.40. The molecule has 9 heteroatoms. The molecule has 0 saturated carbocycles. The van der Waals surface area contributed by atoms with Crippen molar-refractivity contribution in [2.45, 2.75) is 57.7 Å². The average Bonchev–Trinajstić information content (AvgIpc) is 3.09. The number of rotatable bonds is 5. The SMILES string of the molecule is CC(C)C(=O)NC1CC2CCC(C1)N2c1cnc(-c2ccc(F)cc2F)c(-c2ccncc2Cl)n1. The minimum atomic E-state index is -0.722. The van der Waals surface area contributed by atoms with Crippen molar-refractivity contribution in [2.75, 3.05) is 4.90 Å². The van der Waals surface area contributed by atoms with Crippen LogP contribution >= 0.6 is 11.6 Å². The number of fused-ring (bicyclic) bond motifs is 2. The lowest BCUT2D eigenvalue weighted by Gasteiger charge is -2.40. The van der Waals surface area contributed by atoms with Crippen LogP contribution in [0.3, 0.4) is 0 Å². The Morgan fingerprint density at radius 2 is 1.83 bits per heavy atom. The van der Waals surface area contributed by atoms with Crippen LogP contribution in [0.25, 0.3) is 22.5 Å². The minimum absolute atomic E-state index is 0.0522. The third-order valence-corrected chi connectivity index (χ3v) is 7.14. The van der Waals surface area contributed by atoms with Crippen LogP contribution in [0, 0.1) is 17.6 Å². The van der Waals surface area contributed by atoms with E-state index in [1.807, 2.05) is 13.8 Å². The molecule has 2 bridgehead atoms. The average molecular weight is 498 g/mol. The van der Waals surface area contributed by atoms with Crippen molar-refractivity contribution < 1.29 is 13.6 Å². The van der Waals surface area contributed by atoms with Gasteiger partial charge in [-0.25, -0.2) is 18.7 Å². The number of amides is 1. The molecule has 2 unspecified atom stereocenters. The molecular weight excluding hydrogens is 472 g/mol. The van der Waals surface area contributed by atoms with Gasteiger partial charge in [0.2, 0.25) is 5.91 Å². The Balaban J connectivity index is 1.53. The Bertz CT molecular complexity index is 1260. The number of hydrogen-bond acceptors (Lipinski definition) is 5. The molecule has 35 heavy (non-hydrogen) atoms. The van der Waals surface area contributed by atoms with Gasteiger partial charge in [0, 0.05) is 53.6 Å². The maximum absolute atomic E-state index is 14.7. The predicted molar refractivity (Wildman–Crippen MR) is 131 cm³/mol. The van der Waals surface area contributed by atoms with Crippen molar-refractivity contribution in [2.24, 2.45) is 5.92 Å². The molecule has 2 saturated heterocycles. The lowest BCUT2D eigenvalue weighted by molar-refractivity contribution is -0.124. The predicted octanol–water partition coefficient (Wildman–Crippen LogP) is 5.41. The monoisotopic (exact) mass is 497 g/mol. The van der Waals surface area contributed by atoms with Gasteiger partial charge in [0.15, 0.2) is 0 Å². The number of nitrogens with one attached hydrogen (secondary N) is 1. The van der Waals surface area contributed by atoms with Crippen LogP contribution in [0.2, 0.25) is 5.02 Å². The number of aromatic nitrogens is 3. The summed E-state index contributed by atoms with van der Waals surface area (Å²) >= 11 is 6.45. The van der Waals surface area contributed by atoms with Gasteiger partial charge in [-0.1, -0.05) is 25.4 Å². The third kappa shape index (κ3) is 4.59. The van der Waals surface area contributed by atoms with Crippen molar-refractivity contribution in [1.29, 1.82) is 0 Å². The van der Waals surface area contributed by atoms with E-state index >= 15 is 0 Å². The fourth-order valence-electron chi connectivity index (χ4n) is 5.17. The summed E-state index contributed by atoms with van der Waals surface area (Å²) in [7, 11) is 0. The number of piperidine rings is 1. The first-order chi connectivity index (χ1) is 16.8. The number of pyridine rings is 1. The topological polar surface area (TPSA) is 71.0 Å². The van der Waals surface area contributed by atoms with Gasteiger partial charge < -0.3 is 10.2 Å². The number of halogens is 3. The largest absolute Gasteiger partial charge is 0.353 e. The van der Waals surface area contributed by atoms with E-state index in [2.05, 4.69) is 20.2 Å². The van der Waals surface area contributed by atoms with Crippen molar-refractivity contribution >= 4 is 23.3 Å². The van der Waals surface area contributed by atoms with E-state index in [0.717, 1.165) is 31.7 Å². The molecule has 3 aromatic rings. The molecule has 0 radical (unpaired) electrons. The van der Waals surface area contributed by atoms with Crippen LogP contribution in [0.4, 0.5) is 14.6 Å². The quantitative estimate of drug-likeness (QED) is 0.510. The van der Waals surface area contributed by atoms with Gasteiger partial charge in [-0.3, -0.25) is 9.78 Å². The second-order valence-corrected chi connectivity index (χ2v) is 9.94. The molecular formula is C26H26ClF2N5O. The summed E-state index contributed by atoms with van der Waals surface area (Å²) < 4.78 is 28.3. The van der Waals surface area contributed by atoms with E-state index < -0.39 is 11.6 Å². The summed E-state index contributed by atoms with van der Waals surface area (Å²) in [5.74, 6) is -0.685. The molecule has 2 aliphatic heterocycles. The molecule has 1 aromatic carbocycles. The Labute approximate surface area is 207 Å². The fourth-order valence-corrected chi connectivity index (χ4v) is 5.38. The first-order valence-electron chi connectivity index (χ1n) is 11.8. The lowest BCUT2D eigenvalue weighted by Crippen LogP contribution is -2.51. The highest BCUT2D eigenvalue weighted by atomic mass is 35.5. The second-order valence-electron chi connectivity index (χ2n) is 9.53. The van der Waals surface area contributed by atoms with Gasteiger partial charge in [0.25, 0.3) is 0 Å². The maximum Gasteiger partial charge on any atom is 0.222 e. The Morgan fingerprint density at radius 1 is 1.09 bits per heavy atom. The smallest absolute Gasteiger partial charge is 0.222 e. The number of benzene rings is 1. The first kappa shape index (κ1) is 23.6. The summed E-state index contributed by atoms with van der Waals surface area (Å²) in [6, 6.07) is 5.67. The number of carbonyl (C=O) groups is 1. The summed E-state index contributed by atoms with van der Waals surface area (Å²) in [5, 5.41) is 3.54. The highest BCUT2D eigenvalue weighted by Gasteiger charge is 2.42. The number of nitrogens with zero attached hydrogens (tertiary/aromatic N) is 4. The fraction of sp³-hybridized carbons (Fsp3) is 0.385. The van der Waals surface area contributed by atoms with Crippen LogP contribution < -0.4 is 10.2 Å². The summed E-state index contributed by atoms with van der Waals surface area (Å²) in [5.41, 5.74) is 1.41. The van der Waals surface area contributed by atoms with Crippen LogP contribution in [0.5, 0.6) is 0 Å². The van der Waals surface area contributed by atoms with Gasteiger partial charge in [-0.2, -0.15) is 0 Å². The molecule has 2 fully saturated rings. The molecule has 0 aliphatic carbocycles. The highest BCUT2D eigenvalue weighted by Crippen LogP contribution is 2.41. The van der Waals surface area contributed by atoms with Gasteiger partial charge in [0.1, 0.15) is 23.1 Å². The molecule has 182 valence electrons. The zero-order valence-corrected chi connectivity index (χ0v) is 20.3. The zero-order valence-electron chi connectivity index (χ0n) is 19.5. The molecule has 6 nitrogen and oxygen atoms in total. The van der Waals surface area contributed by atoms with E-state index in [4.69, 9.17) is 16.6 Å². The normalized spacial score (nSPS) is 21.4. The molecule has 1 amide bonds. The molecule has 1 N–H and O–H groups in total. The first-order valence-corrected chi connectivity index (χ1v) is 12.2. The van der Waals surface area contributed by atoms with E-state index in [-0.39, 0.29) is 41.2 Å². The van der Waals surface area contributed by atoms with Crippen LogP contribution in [-0.4, -0.2) is 39.0 Å². The molecule has 2 aliphatic rings. The van der Waals surface area contributed by atoms with Crippen molar-refractivity contribution in [3.05, 3.63) is 59.5 Å². The van der Waals surface area contributed by atoms with E-state index in [0.29, 0.717) is 22.1 Å². The number of carbonyl (C=O) groups excluding carboxylic acids is 1. The zero-order chi connectivity index (χ0) is 24.7. The maximum atomic E-state index is 14.7. The molecule has 5 rings (SSSR count). The Hall–Kier alpha value is -3.13. The molecule has 2 atom stereocenters.